The molecule has 0 aliphatic rings. The average Bonchev–Trinajstić information content (AvgIpc) is 2.76. The SMILES string of the molecule is CSC(CO)C(C)NC(=O)Cn1c(=O)oc2ccccc21. The summed E-state index contributed by atoms with van der Waals surface area (Å²) in [6.07, 6.45) is 1.87. The third-order valence-corrected chi connectivity index (χ3v) is 4.47. The van der Waals surface area contributed by atoms with Crippen molar-refractivity contribution in [2.45, 2.75) is 24.8 Å². The molecule has 1 amide bonds. The highest BCUT2D eigenvalue weighted by Crippen LogP contribution is 2.12. The van der Waals surface area contributed by atoms with Gasteiger partial charge in [-0.1, -0.05) is 12.1 Å². The van der Waals surface area contributed by atoms with Crippen molar-refractivity contribution >= 4 is 28.8 Å². The van der Waals surface area contributed by atoms with Gasteiger partial charge in [0, 0.05) is 11.3 Å². The predicted molar refractivity (Wildman–Crippen MR) is 82.5 cm³/mol. The Kier molecular flexibility index (Phi) is 5.08. The Bertz CT molecular complexity index is 675. The van der Waals surface area contributed by atoms with Gasteiger partial charge < -0.3 is 14.8 Å². The topological polar surface area (TPSA) is 84.5 Å². The first-order chi connectivity index (χ1) is 10.1. The molecule has 6 nitrogen and oxygen atoms in total. The zero-order valence-electron chi connectivity index (χ0n) is 11.9. The molecule has 114 valence electrons. The third kappa shape index (κ3) is 3.48. The standard InChI is InChI=1S/C14H18N2O4S/c1-9(12(8-17)21-2)15-13(18)7-16-10-5-3-4-6-11(10)20-14(16)19/h3-6,9,12,17H,7-8H2,1-2H3,(H,15,18). The Balaban J connectivity index is 2.12. The van der Waals surface area contributed by atoms with Crippen LogP contribution in [0.1, 0.15) is 6.92 Å². The molecule has 0 saturated carbocycles. The van der Waals surface area contributed by atoms with Crippen LogP contribution in [-0.2, 0) is 11.3 Å². The average molecular weight is 310 g/mol. The number of oxazole rings is 1. The maximum absolute atomic E-state index is 12.0. The monoisotopic (exact) mass is 310 g/mol. The molecule has 2 atom stereocenters. The first-order valence-corrected chi connectivity index (χ1v) is 7.87. The number of benzene rings is 1. The molecular formula is C14H18N2O4S. The molecule has 0 radical (unpaired) electrons. The zero-order chi connectivity index (χ0) is 15.4. The second-order valence-corrected chi connectivity index (χ2v) is 5.81. The van der Waals surface area contributed by atoms with E-state index in [9.17, 15) is 14.7 Å². The zero-order valence-corrected chi connectivity index (χ0v) is 12.7. The summed E-state index contributed by atoms with van der Waals surface area (Å²) in [5.41, 5.74) is 1.05. The molecule has 1 aromatic carbocycles. The molecule has 0 spiro atoms. The second kappa shape index (κ2) is 6.82. The second-order valence-electron chi connectivity index (χ2n) is 4.73. The molecule has 0 fully saturated rings. The summed E-state index contributed by atoms with van der Waals surface area (Å²) in [5.74, 6) is -0.841. The van der Waals surface area contributed by atoms with Crippen LogP contribution < -0.4 is 11.1 Å². The lowest BCUT2D eigenvalue weighted by Gasteiger charge is -2.21. The van der Waals surface area contributed by atoms with Gasteiger partial charge in [-0.25, -0.2) is 4.79 Å². The van der Waals surface area contributed by atoms with Crippen molar-refractivity contribution < 1.29 is 14.3 Å². The van der Waals surface area contributed by atoms with E-state index in [1.807, 2.05) is 13.2 Å². The van der Waals surface area contributed by atoms with Crippen molar-refractivity contribution in [3.05, 3.63) is 34.8 Å². The normalized spacial score (nSPS) is 14.0. The van der Waals surface area contributed by atoms with E-state index in [4.69, 9.17) is 4.42 Å². The van der Waals surface area contributed by atoms with Crippen LogP contribution in [-0.4, -0.2) is 39.7 Å². The Hall–Kier alpha value is -1.73. The number of hydrogen-bond acceptors (Lipinski definition) is 5. The van der Waals surface area contributed by atoms with Crippen LogP contribution in [0.25, 0.3) is 11.1 Å². The van der Waals surface area contributed by atoms with Crippen LogP contribution in [0.5, 0.6) is 0 Å². The van der Waals surface area contributed by atoms with Gasteiger partial charge in [0.2, 0.25) is 5.91 Å². The summed E-state index contributed by atoms with van der Waals surface area (Å²) in [6, 6.07) is 6.77. The van der Waals surface area contributed by atoms with E-state index in [0.29, 0.717) is 11.1 Å². The number of nitrogens with one attached hydrogen (secondary N) is 1. The Labute approximate surface area is 126 Å². The number of fused-ring (bicyclic) bond motifs is 1. The first kappa shape index (κ1) is 15.7. The molecule has 0 saturated heterocycles. The van der Waals surface area contributed by atoms with Crippen LogP contribution in [0, 0.1) is 0 Å². The molecule has 2 N–H and O–H groups in total. The van der Waals surface area contributed by atoms with Crippen molar-refractivity contribution in [3.63, 3.8) is 0 Å². The molecule has 2 unspecified atom stereocenters. The van der Waals surface area contributed by atoms with Crippen LogP contribution in [0.15, 0.2) is 33.5 Å². The van der Waals surface area contributed by atoms with Crippen molar-refractivity contribution in [3.8, 4) is 0 Å². The van der Waals surface area contributed by atoms with Gasteiger partial charge in [-0.05, 0) is 25.3 Å². The Morgan fingerprint density at radius 2 is 2.19 bits per heavy atom. The minimum atomic E-state index is -0.553. The molecule has 0 aliphatic heterocycles. The number of rotatable bonds is 6. The molecule has 0 bridgehead atoms. The van der Waals surface area contributed by atoms with Crippen LogP contribution >= 0.6 is 11.8 Å². The number of aliphatic hydroxyl groups is 1. The summed E-state index contributed by atoms with van der Waals surface area (Å²) in [6.45, 7) is 1.70. The molecule has 7 heteroatoms. The van der Waals surface area contributed by atoms with E-state index in [1.165, 1.54) is 16.3 Å². The smallest absolute Gasteiger partial charge is 0.408 e. The highest BCUT2D eigenvalue weighted by Gasteiger charge is 2.19. The minimum Gasteiger partial charge on any atom is -0.408 e. The van der Waals surface area contributed by atoms with Crippen molar-refractivity contribution in [2.24, 2.45) is 0 Å². The van der Waals surface area contributed by atoms with Crippen molar-refractivity contribution in [2.75, 3.05) is 12.9 Å². The molecule has 2 aromatic rings. The van der Waals surface area contributed by atoms with Gasteiger partial charge >= 0.3 is 5.76 Å². The highest BCUT2D eigenvalue weighted by atomic mass is 32.2. The van der Waals surface area contributed by atoms with E-state index in [0.717, 1.165) is 0 Å². The fourth-order valence-corrected chi connectivity index (χ4v) is 2.76. The molecule has 1 heterocycles. The van der Waals surface area contributed by atoms with E-state index < -0.39 is 5.76 Å². The molecular weight excluding hydrogens is 292 g/mol. The van der Waals surface area contributed by atoms with E-state index in [2.05, 4.69) is 5.32 Å². The number of amides is 1. The number of hydrogen-bond donors (Lipinski definition) is 2. The summed E-state index contributed by atoms with van der Waals surface area (Å²) in [5, 5.41) is 11.9. The molecule has 1 aromatic heterocycles. The van der Waals surface area contributed by atoms with Gasteiger partial charge in [-0.3, -0.25) is 9.36 Å². The number of para-hydroxylation sites is 2. The van der Waals surface area contributed by atoms with E-state index >= 15 is 0 Å². The number of carbonyl (C=O) groups is 1. The maximum Gasteiger partial charge on any atom is 0.420 e. The minimum absolute atomic E-state index is 0.0167. The quantitative estimate of drug-likeness (QED) is 0.825. The predicted octanol–water partition coefficient (Wildman–Crippen LogP) is 0.823. The number of nitrogens with zero attached hydrogens (tertiary/aromatic N) is 1. The van der Waals surface area contributed by atoms with Gasteiger partial charge in [0.15, 0.2) is 5.58 Å². The maximum atomic E-state index is 12.0. The van der Waals surface area contributed by atoms with Crippen molar-refractivity contribution in [1.29, 1.82) is 0 Å². The number of thioether (sulfide) groups is 1. The van der Waals surface area contributed by atoms with E-state index in [-0.39, 0.29) is 30.4 Å². The third-order valence-electron chi connectivity index (χ3n) is 3.30. The lowest BCUT2D eigenvalue weighted by atomic mass is 10.2. The van der Waals surface area contributed by atoms with Gasteiger partial charge in [0.1, 0.15) is 6.54 Å². The summed E-state index contributed by atoms with van der Waals surface area (Å²) >= 11 is 1.48. The highest BCUT2D eigenvalue weighted by molar-refractivity contribution is 7.99. The Morgan fingerprint density at radius 1 is 1.48 bits per heavy atom. The van der Waals surface area contributed by atoms with E-state index in [1.54, 1.807) is 24.3 Å². The van der Waals surface area contributed by atoms with Gasteiger partial charge in [-0.15, -0.1) is 0 Å². The molecule has 0 aliphatic carbocycles. The fraction of sp³-hybridized carbons (Fsp3) is 0.429. The van der Waals surface area contributed by atoms with Crippen LogP contribution in [0.2, 0.25) is 0 Å². The van der Waals surface area contributed by atoms with Crippen LogP contribution in [0.4, 0.5) is 0 Å². The number of aliphatic hydroxyl groups excluding tert-OH is 1. The van der Waals surface area contributed by atoms with Crippen molar-refractivity contribution in [1.82, 2.24) is 9.88 Å². The summed E-state index contributed by atoms with van der Waals surface area (Å²) < 4.78 is 6.37. The lowest BCUT2D eigenvalue weighted by Crippen LogP contribution is -2.43. The van der Waals surface area contributed by atoms with Gasteiger partial charge in [0.05, 0.1) is 12.1 Å². The first-order valence-electron chi connectivity index (χ1n) is 6.58. The van der Waals surface area contributed by atoms with Crippen LogP contribution in [0.3, 0.4) is 0 Å². The summed E-state index contributed by atoms with van der Waals surface area (Å²) in [7, 11) is 0. The molecule has 2 rings (SSSR count). The summed E-state index contributed by atoms with van der Waals surface area (Å²) in [4.78, 5) is 23.8. The largest absolute Gasteiger partial charge is 0.420 e. The fourth-order valence-electron chi connectivity index (χ4n) is 2.14. The van der Waals surface area contributed by atoms with Gasteiger partial charge in [0.25, 0.3) is 0 Å². The lowest BCUT2D eigenvalue weighted by molar-refractivity contribution is -0.122. The van der Waals surface area contributed by atoms with Gasteiger partial charge in [-0.2, -0.15) is 11.8 Å². The number of aromatic nitrogens is 1. The molecule has 21 heavy (non-hydrogen) atoms. The Morgan fingerprint density at radius 3 is 2.86 bits per heavy atom. The number of carbonyl (C=O) groups excluding carboxylic acids is 1.